The number of methoxy groups -OCH3 is 1. The predicted octanol–water partition coefficient (Wildman–Crippen LogP) is 2.71. The second-order valence-electron chi connectivity index (χ2n) is 4.56. The van der Waals surface area contributed by atoms with E-state index in [-0.39, 0.29) is 18.6 Å². The fourth-order valence-electron chi connectivity index (χ4n) is 1.99. The Bertz CT molecular complexity index is 492. The average Bonchev–Trinajstić information content (AvgIpc) is 3.18. The number of rotatable bonds is 6. The third kappa shape index (κ3) is 2.98. The molecule has 1 aliphatic rings. The summed E-state index contributed by atoms with van der Waals surface area (Å²) in [5.41, 5.74) is -0.875. The molecular formula is C12H14F2N2O3. The fraction of sp³-hybridized carbons (Fsp3) is 0.500. The molecule has 1 aliphatic carbocycles. The average molecular weight is 272 g/mol. The summed E-state index contributed by atoms with van der Waals surface area (Å²) in [5, 5.41) is 13.6. The van der Waals surface area contributed by atoms with Crippen LogP contribution in [0.4, 0.5) is 20.2 Å². The van der Waals surface area contributed by atoms with Crippen LogP contribution in [0, 0.1) is 27.7 Å². The molecule has 1 fully saturated rings. The maximum absolute atomic E-state index is 13.7. The molecule has 104 valence electrons. The van der Waals surface area contributed by atoms with Crippen molar-refractivity contribution in [2.75, 3.05) is 19.0 Å². The number of nitro groups is 1. The zero-order chi connectivity index (χ0) is 14.0. The number of benzene rings is 1. The van der Waals surface area contributed by atoms with Crippen molar-refractivity contribution in [3.8, 4) is 0 Å². The van der Waals surface area contributed by atoms with E-state index in [1.165, 1.54) is 7.11 Å². The highest BCUT2D eigenvalue weighted by atomic mass is 19.2. The van der Waals surface area contributed by atoms with E-state index < -0.39 is 27.9 Å². The zero-order valence-electron chi connectivity index (χ0n) is 10.4. The molecule has 0 aromatic heterocycles. The molecular weight excluding hydrogens is 258 g/mol. The number of hydrogen-bond acceptors (Lipinski definition) is 4. The lowest BCUT2D eigenvalue weighted by atomic mass is 10.1. The largest absolute Gasteiger partial charge is 0.383 e. The van der Waals surface area contributed by atoms with Gasteiger partial charge in [-0.1, -0.05) is 0 Å². The van der Waals surface area contributed by atoms with Crippen LogP contribution in [0.1, 0.15) is 12.8 Å². The highest BCUT2D eigenvalue weighted by Crippen LogP contribution is 2.37. The van der Waals surface area contributed by atoms with Crippen LogP contribution in [0.15, 0.2) is 12.1 Å². The molecule has 0 heterocycles. The summed E-state index contributed by atoms with van der Waals surface area (Å²) in [6.07, 6.45) is 1.90. The first-order valence-electron chi connectivity index (χ1n) is 5.92. The van der Waals surface area contributed by atoms with Crippen molar-refractivity contribution in [2.45, 2.75) is 18.9 Å². The van der Waals surface area contributed by atoms with Crippen LogP contribution in [-0.2, 0) is 4.74 Å². The smallest absolute Gasteiger partial charge is 0.295 e. The molecule has 0 radical (unpaired) electrons. The molecule has 1 saturated carbocycles. The van der Waals surface area contributed by atoms with Crippen molar-refractivity contribution in [3.63, 3.8) is 0 Å². The van der Waals surface area contributed by atoms with Crippen LogP contribution in [-0.4, -0.2) is 24.7 Å². The minimum atomic E-state index is -1.23. The minimum Gasteiger partial charge on any atom is -0.383 e. The summed E-state index contributed by atoms with van der Waals surface area (Å²) < 4.78 is 31.9. The van der Waals surface area contributed by atoms with Gasteiger partial charge in [0, 0.05) is 13.2 Å². The highest BCUT2D eigenvalue weighted by Gasteiger charge is 2.33. The molecule has 0 spiro atoms. The lowest BCUT2D eigenvalue weighted by Gasteiger charge is -2.19. The highest BCUT2D eigenvalue weighted by molar-refractivity contribution is 5.63. The second-order valence-corrected chi connectivity index (χ2v) is 4.56. The predicted molar refractivity (Wildman–Crippen MR) is 65.0 cm³/mol. The number of hydrogen-bond donors (Lipinski definition) is 1. The molecule has 0 saturated heterocycles. The van der Waals surface area contributed by atoms with Gasteiger partial charge in [-0.05, 0) is 24.8 Å². The summed E-state index contributed by atoms with van der Waals surface area (Å²) in [5.74, 6) is -2.06. The van der Waals surface area contributed by atoms with Crippen LogP contribution in [0.25, 0.3) is 0 Å². The maximum atomic E-state index is 13.7. The Morgan fingerprint density at radius 2 is 2.21 bits per heavy atom. The maximum Gasteiger partial charge on any atom is 0.295 e. The summed E-state index contributed by atoms with van der Waals surface area (Å²) in [6.45, 7) is 0.289. The van der Waals surface area contributed by atoms with Crippen molar-refractivity contribution in [2.24, 2.45) is 5.92 Å². The molecule has 0 aliphatic heterocycles. The minimum absolute atomic E-state index is 0.250. The van der Waals surface area contributed by atoms with Crippen molar-refractivity contribution in [3.05, 3.63) is 33.9 Å². The van der Waals surface area contributed by atoms with Gasteiger partial charge in [-0.3, -0.25) is 10.1 Å². The summed E-state index contributed by atoms with van der Waals surface area (Å²) >= 11 is 0. The Kier molecular flexibility index (Phi) is 3.94. The van der Waals surface area contributed by atoms with Gasteiger partial charge in [0.2, 0.25) is 0 Å². The summed E-state index contributed by atoms with van der Waals surface area (Å²) in [6, 6.07) is 1.46. The van der Waals surface area contributed by atoms with Crippen LogP contribution < -0.4 is 5.32 Å². The molecule has 19 heavy (non-hydrogen) atoms. The lowest BCUT2D eigenvalue weighted by Crippen LogP contribution is -2.28. The first-order valence-corrected chi connectivity index (χ1v) is 5.92. The Labute approximate surface area is 108 Å². The summed E-state index contributed by atoms with van der Waals surface area (Å²) in [7, 11) is 1.49. The van der Waals surface area contributed by atoms with E-state index >= 15 is 0 Å². The monoisotopic (exact) mass is 272 g/mol. The van der Waals surface area contributed by atoms with Crippen molar-refractivity contribution in [1.29, 1.82) is 0 Å². The number of anilines is 1. The van der Waals surface area contributed by atoms with E-state index in [1.54, 1.807) is 0 Å². The number of halogens is 2. The Balaban J connectivity index is 2.30. The van der Waals surface area contributed by atoms with Crippen LogP contribution in [0.3, 0.4) is 0 Å². The van der Waals surface area contributed by atoms with Gasteiger partial charge < -0.3 is 10.1 Å². The summed E-state index contributed by atoms with van der Waals surface area (Å²) in [4.78, 5) is 10.1. The molecule has 1 aromatic rings. The first kappa shape index (κ1) is 13.7. The third-order valence-corrected chi connectivity index (χ3v) is 3.14. The first-order chi connectivity index (χ1) is 9.04. The van der Waals surface area contributed by atoms with Gasteiger partial charge in [-0.15, -0.1) is 0 Å². The molecule has 1 aromatic carbocycles. The van der Waals surface area contributed by atoms with Gasteiger partial charge in [-0.25, -0.2) is 8.78 Å². The molecule has 7 heteroatoms. The van der Waals surface area contributed by atoms with Gasteiger partial charge in [0.25, 0.3) is 5.69 Å². The van der Waals surface area contributed by atoms with Gasteiger partial charge in [0.05, 0.1) is 17.6 Å². The van der Waals surface area contributed by atoms with Crippen molar-refractivity contribution < 1.29 is 18.4 Å². The zero-order valence-corrected chi connectivity index (χ0v) is 10.4. The van der Waals surface area contributed by atoms with Crippen LogP contribution >= 0.6 is 0 Å². The van der Waals surface area contributed by atoms with E-state index in [1.807, 2.05) is 0 Å². The van der Waals surface area contributed by atoms with Gasteiger partial charge in [0.15, 0.2) is 17.3 Å². The van der Waals surface area contributed by atoms with Gasteiger partial charge >= 0.3 is 0 Å². The van der Waals surface area contributed by atoms with E-state index in [0.29, 0.717) is 0 Å². The van der Waals surface area contributed by atoms with Gasteiger partial charge in [0.1, 0.15) is 0 Å². The molecule has 0 bridgehead atoms. The molecule has 2 rings (SSSR count). The van der Waals surface area contributed by atoms with Crippen molar-refractivity contribution in [1.82, 2.24) is 0 Å². The van der Waals surface area contributed by atoms with Crippen molar-refractivity contribution >= 4 is 11.4 Å². The molecule has 1 unspecified atom stereocenters. The molecule has 0 amide bonds. The van der Waals surface area contributed by atoms with Gasteiger partial charge in [-0.2, -0.15) is 0 Å². The Morgan fingerprint density at radius 1 is 1.53 bits per heavy atom. The number of nitro benzene ring substituents is 1. The lowest BCUT2D eigenvalue weighted by molar-refractivity contribution is -0.384. The molecule has 1 N–H and O–H groups in total. The van der Waals surface area contributed by atoms with Crippen LogP contribution in [0.5, 0.6) is 0 Å². The normalized spacial score (nSPS) is 16.2. The number of ether oxygens (including phenoxy) is 1. The van der Waals surface area contributed by atoms with Crippen LogP contribution in [0.2, 0.25) is 0 Å². The molecule has 5 nitrogen and oxygen atoms in total. The van der Waals surface area contributed by atoms with E-state index in [0.717, 1.165) is 25.0 Å². The second kappa shape index (κ2) is 5.48. The Hall–Kier alpha value is -1.76. The third-order valence-electron chi connectivity index (χ3n) is 3.14. The van der Waals surface area contributed by atoms with E-state index in [4.69, 9.17) is 4.74 Å². The Morgan fingerprint density at radius 3 is 2.74 bits per heavy atom. The van der Waals surface area contributed by atoms with E-state index in [2.05, 4.69) is 5.32 Å². The van der Waals surface area contributed by atoms with E-state index in [9.17, 15) is 18.9 Å². The molecule has 1 atom stereocenters. The topological polar surface area (TPSA) is 64.4 Å². The number of nitrogens with zero attached hydrogens (tertiary/aromatic N) is 1. The SMILES string of the molecule is COCC(Nc1c([N+](=O)[O-])ccc(F)c1F)C1CC1. The standard InChI is InChI=1S/C12H14F2N2O3/c1-19-6-9(7-2-3-7)15-12-10(16(17)18)5-4-8(13)11(12)14/h4-5,7,9,15H,2-3,6H2,1H3. The fourth-order valence-corrected chi connectivity index (χ4v) is 1.99. The number of nitrogens with one attached hydrogen (secondary N) is 1. The quantitative estimate of drug-likeness (QED) is 0.638.